The third-order valence-corrected chi connectivity index (χ3v) is 1.81. The van der Waals surface area contributed by atoms with Crippen molar-refractivity contribution in [1.29, 1.82) is 0 Å². The zero-order valence-corrected chi connectivity index (χ0v) is 7.23. The van der Waals surface area contributed by atoms with Crippen LogP contribution >= 0.6 is 0 Å². The Labute approximate surface area is 72.8 Å². The summed E-state index contributed by atoms with van der Waals surface area (Å²) in [6.45, 7) is 0. The first-order valence-corrected chi connectivity index (χ1v) is 3.94. The van der Waals surface area contributed by atoms with E-state index in [0.29, 0.717) is 17.3 Å². The van der Waals surface area contributed by atoms with E-state index in [0.717, 1.165) is 0 Å². The minimum Gasteiger partial charge on any atom is -0.295 e. The van der Waals surface area contributed by atoms with Gasteiger partial charge in [-0.2, -0.15) is 0 Å². The van der Waals surface area contributed by atoms with Crippen molar-refractivity contribution in [3.63, 3.8) is 0 Å². The van der Waals surface area contributed by atoms with Gasteiger partial charge >= 0.3 is 0 Å². The zero-order chi connectivity index (χ0) is 9.14. The van der Waals surface area contributed by atoms with Crippen LogP contribution in [0.4, 0.5) is 4.39 Å². The average molecular weight is 162 g/mol. The lowest BCUT2D eigenvalue weighted by Gasteiger charge is -1.99. The molecule has 0 bridgehead atoms. The summed E-state index contributed by atoms with van der Waals surface area (Å²) in [5, 5.41) is 0. The lowest BCUT2D eigenvalue weighted by atomic mass is 9.91. The largest absolute Gasteiger partial charge is 0.295 e. The van der Waals surface area contributed by atoms with E-state index in [1.54, 1.807) is 27.8 Å². The molecule has 0 heterocycles. The predicted molar refractivity (Wildman–Crippen MR) is 52.3 cm³/mol. The van der Waals surface area contributed by atoms with Crippen LogP contribution in [-0.2, 0) is 0 Å². The molecule has 0 N–H and O–H groups in total. The monoisotopic (exact) mass is 162 g/mol. The topological polar surface area (TPSA) is 17.1 Å². The number of hydrogen-bond acceptors (Lipinski definition) is 1. The molecule has 1 aromatic carbocycles. The van der Waals surface area contributed by atoms with Gasteiger partial charge in [-0.3, -0.25) is 4.79 Å². The SMILES string of the molecule is BCC(=O)c1ccc(B)c(F)c1. The highest BCUT2D eigenvalue weighted by Gasteiger charge is 2.04. The van der Waals surface area contributed by atoms with Crippen molar-refractivity contribution in [3.05, 3.63) is 29.6 Å². The Morgan fingerprint density at radius 1 is 1.50 bits per heavy atom. The summed E-state index contributed by atoms with van der Waals surface area (Å²) in [6, 6.07) is 4.57. The van der Waals surface area contributed by atoms with Crippen LogP contribution in [0.1, 0.15) is 10.4 Å². The molecule has 0 radical (unpaired) electrons. The molecule has 0 atom stereocenters. The average Bonchev–Trinajstić information content (AvgIpc) is 2.08. The summed E-state index contributed by atoms with van der Waals surface area (Å²) in [7, 11) is 3.44. The fourth-order valence-electron chi connectivity index (χ4n) is 0.970. The molecule has 4 heteroatoms. The van der Waals surface area contributed by atoms with Crippen LogP contribution in [0.2, 0.25) is 6.32 Å². The Morgan fingerprint density at radius 3 is 2.67 bits per heavy atom. The summed E-state index contributed by atoms with van der Waals surface area (Å²) in [4.78, 5) is 11.1. The standard InChI is InChI=1S/C8H9B2FO/c9-4-8(12)5-1-2-6(10)7(11)3-5/h1-3H,4,9-10H2. The van der Waals surface area contributed by atoms with Gasteiger partial charge in [-0.15, -0.1) is 0 Å². The first kappa shape index (κ1) is 9.04. The third-order valence-electron chi connectivity index (χ3n) is 1.81. The van der Waals surface area contributed by atoms with Gasteiger partial charge in [0.1, 0.15) is 21.5 Å². The van der Waals surface area contributed by atoms with Crippen LogP contribution in [0.3, 0.4) is 0 Å². The molecule has 0 aliphatic carbocycles. The molecule has 60 valence electrons. The lowest BCUT2D eigenvalue weighted by molar-refractivity contribution is 0.101. The minimum absolute atomic E-state index is 0.0195. The Hall–Kier alpha value is -1.05. The summed E-state index contributed by atoms with van der Waals surface area (Å²) >= 11 is 0. The molecule has 0 amide bonds. The Morgan fingerprint density at radius 2 is 2.17 bits per heavy atom. The first-order valence-electron chi connectivity index (χ1n) is 3.94. The van der Waals surface area contributed by atoms with E-state index in [1.807, 2.05) is 0 Å². The molecular formula is C8H9B2FO. The summed E-state index contributed by atoms with van der Waals surface area (Å²) in [5.74, 6) is -0.330. The molecule has 0 saturated carbocycles. The summed E-state index contributed by atoms with van der Waals surface area (Å²) < 4.78 is 12.9. The molecule has 0 saturated heterocycles. The number of rotatable bonds is 2. The van der Waals surface area contributed by atoms with Gasteiger partial charge in [-0.25, -0.2) is 4.39 Å². The van der Waals surface area contributed by atoms with Crippen LogP contribution in [-0.4, -0.2) is 21.5 Å². The Balaban J connectivity index is 3.05. The number of benzene rings is 1. The van der Waals surface area contributed by atoms with Gasteiger partial charge in [-0.05, 0) is 12.4 Å². The molecule has 1 aromatic rings. The van der Waals surface area contributed by atoms with Gasteiger partial charge in [-0.1, -0.05) is 17.6 Å². The summed E-state index contributed by atoms with van der Waals surface area (Å²) in [5.41, 5.74) is 1.03. The van der Waals surface area contributed by atoms with Crippen molar-refractivity contribution in [2.24, 2.45) is 0 Å². The maximum Gasteiger partial charge on any atom is 0.155 e. The molecule has 0 spiro atoms. The fraction of sp³-hybridized carbons (Fsp3) is 0.125. The second-order valence-electron chi connectivity index (χ2n) is 2.74. The van der Waals surface area contributed by atoms with Crippen LogP contribution < -0.4 is 5.46 Å². The van der Waals surface area contributed by atoms with Crippen LogP contribution in [0.15, 0.2) is 18.2 Å². The summed E-state index contributed by atoms with van der Waals surface area (Å²) in [6.07, 6.45) is 0.419. The predicted octanol–water partition coefficient (Wildman–Crippen LogP) is -0.682. The number of ketones is 1. The molecule has 0 unspecified atom stereocenters. The van der Waals surface area contributed by atoms with Crippen molar-refractivity contribution in [3.8, 4) is 0 Å². The van der Waals surface area contributed by atoms with Crippen molar-refractivity contribution in [2.45, 2.75) is 6.32 Å². The third kappa shape index (κ3) is 1.76. The number of carbonyl (C=O) groups excluding carboxylic acids is 1. The number of halogens is 1. The maximum atomic E-state index is 12.9. The molecule has 0 aliphatic rings. The number of carbonyl (C=O) groups is 1. The van der Waals surface area contributed by atoms with Gasteiger partial charge in [0.05, 0.1) is 0 Å². The molecular weight excluding hydrogens is 153 g/mol. The highest BCUT2D eigenvalue weighted by molar-refractivity contribution is 6.32. The van der Waals surface area contributed by atoms with Crippen molar-refractivity contribution in [2.75, 3.05) is 0 Å². The lowest BCUT2D eigenvalue weighted by Crippen LogP contribution is -2.10. The smallest absolute Gasteiger partial charge is 0.155 e. The van der Waals surface area contributed by atoms with Crippen molar-refractivity contribution >= 4 is 26.9 Å². The Bertz CT molecular complexity index is 312. The van der Waals surface area contributed by atoms with E-state index in [4.69, 9.17) is 0 Å². The fourth-order valence-corrected chi connectivity index (χ4v) is 0.970. The zero-order valence-electron chi connectivity index (χ0n) is 7.23. The van der Waals surface area contributed by atoms with Crippen LogP contribution in [0, 0.1) is 5.82 Å². The van der Waals surface area contributed by atoms with E-state index in [1.165, 1.54) is 6.07 Å². The first-order chi connectivity index (χ1) is 5.65. The Kier molecular flexibility index (Phi) is 2.69. The quantitative estimate of drug-likeness (QED) is 0.415. The van der Waals surface area contributed by atoms with E-state index >= 15 is 0 Å². The molecule has 12 heavy (non-hydrogen) atoms. The molecule has 1 nitrogen and oxygen atoms in total. The van der Waals surface area contributed by atoms with E-state index in [-0.39, 0.29) is 11.6 Å². The number of Topliss-reactive ketones (excluding diaryl/α,β-unsaturated/α-hetero) is 1. The van der Waals surface area contributed by atoms with Gasteiger partial charge in [0.2, 0.25) is 0 Å². The number of hydrogen-bond donors (Lipinski definition) is 0. The van der Waals surface area contributed by atoms with Gasteiger partial charge < -0.3 is 0 Å². The van der Waals surface area contributed by atoms with Gasteiger partial charge in [0.25, 0.3) is 0 Å². The van der Waals surface area contributed by atoms with Gasteiger partial charge in [0.15, 0.2) is 5.78 Å². The second kappa shape index (κ2) is 3.57. The second-order valence-corrected chi connectivity index (χ2v) is 2.74. The molecule has 0 aromatic heterocycles. The van der Waals surface area contributed by atoms with Gasteiger partial charge in [0, 0.05) is 5.56 Å². The molecule has 0 aliphatic heterocycles. The van der Waals surface area contributed by atoms with E-state index < -0.39 is 0 Å². The van der Waals surface area contributed by atoms with Crippen molar-refractivity contribution < 1.29 is 9.18 Å². The maximum absolute atomic E-state index is 12.9. The van der Waals surface area contributed by atoms with E-state index in [9.17, 15) is 9.18 Å². The van der Waals surface area contributed by atoms with Crippen LogP contribution in [0.5, 0.6) is 0 Å². The normalized spacial score (nSPS) is 9.75. The van der Waals surface area contributed by atoms with E-state index in [2.05, 4.69) is 0 Å². The highest BCUT2D eigenvalue weighted by atomic mass is 19.1. The highest BCUT2D eigenvalue weighted by Crippen LogP contribution is 2.03. The minimum atomic E-state index is -0.311. The molecule has 0 fully saturated rings. The van der Waals surface area contributed by atoms with Crippen LogP contribution in [0.25, 0.3) is 0 Å². The molecule has 1 rings (SSSR count). The van der Waals surface area contributed by atoms with Crippen molar-refractivity contribution in [1.82, 2.24) is 0 Å².